The SMILES string of the molecule is Cc1cc(C)c(CN2CCc3c(c(C)c4c(c3-c3ccco3)OC(C)([C@H]3CC[C@H](NC(=O)OC(C)(C)C)CC3)O4)C2=O)c(OCc2ccccc2)n1. The minimum absolute atomic E-state index is 0.0198. The normalized spacial score (nSPS) is 21.1. The van der Waals surface area contributed by atoms with Gasteiger partial charge in [-0.15, -0.1) is 0 Å². The van der Waals surface area contributed by atoms with Gasteiger partial charge in [-0.1, -0.05) is 30.3 Å². The van der Waals surface area contributed by atoms with Crippen molar-refractivity contribution < 1.29 is 33.0 Å². The monoisotopic (exact) mass is 707 g/mol. The van der Waals surface area contributed by atoms with Crippen molar-refractivity contribution >= 4 is 12.0 Å². The molecule has 1 saturated carbocycles. The highest BCUT2D eigenvalue weighted by molar-refractivity contribution is 6.02. The van der Waals surface area contributed by atoms with Gasteiger partial charge in [0.15, 0.2) is 11.5 Å². The van der Waals surface area contributed by atoms with Gasteiger partial charge in [-0.3, -0.25) is 4.79 Å². The van der Waals surface area contributed by atoms with Crippen molar-refractivity contribution in [2.75, 3.05) is 6.54 Å². The van der Waals surface area contributed by atoms with E-state index < -0.39 is 17.5 Å². The Morgan fingerprint density at radius 3 is 2.42 bits per heavy atom. The molecule has 2 aromatic carbocycles. The summed E-state index contributed by atoms with van der Waals surface area (Å²) in [7, 11) is 0. The number of hydrogen-bond acceptors (Lipinski definition) is 8. The zero-order valence-electron chi connectivity index (χ0n) is 31.3. The van der Waals surface area contributed by atoms with Gasteiger partial charge in [-0.05, 0) is 109 Å². The zero-order chi connectivity index (χ0) is 36.8. The zero-order valence-corrected chi connectivity index (χ0v) is 31.3. The van der Waals surface area contributed by atoms with Crippen molar-refractivity contribution in [1.82, 2.24) is 15.2 Å². The molecule has 1 N–H and O–H groups in total. The summed E-state index contributed by atoms with van der Waals surface area (Å²) < 4.78 is 31.4. The summed E-state index contributed by atoms with van der Waals surface area (Å²) in [6, 6.07) is 15.8. The second-order valence-corrected chi connectivity index (χ2v) is 15.5. The molecule has 0 spiro atoms. The van der Waals surface area contributed by atoms with E-state index in [1.807, 2.05) is 102 Å². The first-order chi connectivity index (χ1) is 24.8. The van der Waals surface area contributed by atoms with Gasteiger partial charge in [-0.25, -0.2) is 9.78 Å². The van der Waals surface area contributed by atoms with Gasteiger partial charge in [0, 0.05) is 42.2 Å². The van der Waals surface area contributed by atoms with E-state index in [2.05, 4.69) is 5.32 Å². The summed E-state index contributed by atoms with van der Waals surface area (Å²) in [5.74, 6) is 1.43. The lowest BCUT2D eigenvalue weighted by atomic mass is 9.81. The van der Waals surface area contributed by atoms with Crippen molar-refractivity contribution in [2.24, 2.45) is 5.92 Å². The van der Waals surface area contributed by atoms with Gasteiger partial charge >= 0.3 is 6.09 Å². The Labute approximate surface area is 305 Å². The lowest BCUT2D eigenvalue weighted by molar-refractivity contribution is -0.121. The average molecular weight is 708 g/mol. The average Bonchev–Trinajstić information content (AvgIpc) is 3.75. The first-order valence-corrected chi connectivity index (χ1v) is 18.3. The van der Waals surface area contributed by atoms with E-state index in [4.69, 9.17) is 28.3 Å². The molecule has 2 aliphatic heterocycles. The fourth-order valence-corrected chi connectivity index (χ4v) is 7.87. The van der Waals surface area contributed by atoms with Gasteiger partial charge in [0.25, 0.3) is 11.7 Å². The summed E-state index contributed by atoms with van der Waals surface area (Å²) in [5, 5.41) is 3.03. The Balaban J connectivity index is 1.15. The Bertz CT molecular complexity index is 1960. The number of fused-ring (bicyclic) bond motifs is 2. The molecule has 3 aliphatic rings. The molecule has 2 amide bonds. The maximum Gasteiger partial charge on any atom is 0.407 e. The van der Waals surface area contributed by atoms with Crippen LogP contribution in [0.15, 0.2) is 59.2 Å². The fraction of sp³-hybridized carbons (Fsp3) is 0.452. The summed E-state index contributed by atoms with van der Waals surface area (Å²) >= 11 is 0. The molecular weight excluding hydrogens is 658 g/mol. The predicted octanol–water partition coefficient (Wildman–Crippen LogP) is 8.62. The topological polar surface area (TPSA) is 112 Å². The number of pyridine rings is 1. The van der Waals surface area contributed by atoms with E-state index in [0.29, 0.717) is 54.8 Å². The van der Waals surface area contributed by atoms with E-state index in [-0.39, 0.29) is 17.9 Å². The highest BCUT2D eigenvalue weighted by atomic mass is 16.7. The molecule has 1 atom stereocenters. The maximum absolute atomic E-state index is 14.6. The minimum Gasteiger partial charge on any atom is -0.473 e. The van der Waals surface area contributed by atoms with E-state index >= 15 is 0 Å². The van der Waals surface area contributed by atoms with Crippen LogP contribution in [0.5, 0.6) is 17.4 Å². The second-order valence-electron chi connectivity index (χ2n) is 15.5. The molecule has 1 aliphatic carbocycles. The molecule has 0 radical (unpaired) electrons. The number of hydrogen-bond donors (Lipinski definition) is 1. The van der Waals surface area contributed by atoms with Crippen LogP contribution < -0.4 is 19.5 Å². The van der Waals surface area contributed by atoms with Crippen molar-refractivity contribution in [3.05, 3.63) is 93.9 Å². The molecule has 7 rings (SSSR count). The van der Waals surface area contributed by atoms with E-state index in [9.17, 15) is 9.59 Å². The summed E-state index contributed by atoms with van der Waals surface area (Å²) in [4.78, 5) is 33.7. The summed E-state index contributed by atoms with van der Waals surface area (Å²) in [5.41, 5.74) is 6.35. The van der Waals surface area contributed by atoms with Gasteiger partial charge < -0.3 is 33.6 Å². The van der Waals surface area contributed by atoms with E-state index in [0.717, 1.165) is 64.8 Å². The highest BCUT2D eigenvalue weighted by Gasteiger charge is 2.49. The van der Waals surface area contributed by atoms with Crippen LogP contribution in [0.1, 0.15) is 97.2 Å². The van der Waals surface area contributed by atoms with Crippen LogP contribution >= 0.6 is 0 Å². The van der Waals surface area contributed by atoms with Crippen LogP contribution in [0.4, 0.5) is 4.79 Å². The standard InChI is InChI=1S/C42H49N3O7/c1-25-22-26(2)43-38(49-24-28-12-9-8-10-13-28)32(25)23-45-20-19-31-34(39(45)46)27(3)36-37(35(31)33-14-11-21-48-33)51-42(7,50-36)29-15-17-30(18-16-29)44-40(47)52-41(4,5)6/h8-14,21-22,29-30H,15-20,23-24H2,1-7H3,(H,44,47)/t29-,30-,42?. The number of benzene rings is 2. The fourth-order valence-electron chi connectivity index (χ4n) is 7.87. The summed E-state index contributed by atoms with van der Waals surface area (Å²) in [6.45, 7) is 14.8. The Kier molecular flexibility index (Phi) is 9.44. The molecule has 0 bridgehead atoms. The summed E-state index contributed by atoms with van der Waals surface area (Å²) in [6.07, 6.45) is 5.02. The molecule has 52 heavy (non-hydrogen) atoms. The maximum atomic E-state index is 14.6. The van der Waals surface area contributed by atoms with Crippen LogP contribution in [0.3, 0.4) is 0 Å². The van der Waals surface area contributed by atoms with Gasteiger partial charge in [0.2, 0.25) is 5.88 Å². The van der Waals surface area contributed by atoms with Crippen molar-refractivity contribution in [1.29, 1.82) is 0 Å². The van der Waals surface area contributed by atoms with Crippen LogP contribution in [0.2, 0.25) is 0 Å². The number of aromatic nitrogens is 1. The third-order valence-electron chi connectivity index (χ3n) is 10.5. The van der Waals surface area contributed by atoms with Gasteiger partial charge in [-0.2, -0.15) is 0 Å². The molecule has 10 nitrogen and oxygen atoms in total. The quantitative estimate of drug-likeness (QED) is 0.194. The Morgan fingerprint density at radius 2 is 1.73 bits per heavy atom. The molecule has 1 fully saturated rings. The molecule has 4 heterocycles. The van der Waals surface area contributed by atoms with Crippen LogP contribution in [-0.2, 0) is 24.3 Å². The minimum atomic E-state index is -0.951. The number of aryl methyl sites for hydroxylation is 2. The second kappa shape index (κ2) is 13.9. The van der Waals surface area contributed by atoms with E-state index in [1.54, 1.807) is 6.26 Å². The van der Waals surface area contributed by atoms with Crippen LogP contribution in [0.25, 0.3) is 11.3 Å². The molecule has 4 aromatic rings. The number of furan rings is 1. The van der Waals surface area contributed by atoms with Crippen molar-refractivity contribution in [3.63, 3.8) is 0 Å². The third-order valence-corrected chi connectivity index (χ3v) is 10.5. The third kappa shape index (κ3) is 7.07. The predicted molar refractivity (Wildman–Crippen MR) is 197 cm³/mol. The molecule has 10 heteroatoms. The van der Waals surface area contributed by atoms with Gasteiger partial charge in [0.1, 0.15) is 18.0 Å². The van der Waals surface area contributed by atoms with Crippen molar-refractivity contribution in [3.8, 4) is 28.7 Å². The first kappa shape index (κ1) is 35.4. The van der Waals surface area contributed by atoms with Gasteiger partial charge in [0.05, 0.1) is 23.9 Å². The smallest absolute Gasteiger partial charge is 0.407 e. The number of amides is 2. The molecule has 1 unspecified atom stereocenters. The first-order valence-electron chi connectivity index (χ1n) is 18.3. The number of rotatable bonds is 8. The molecule has 0 saturated heterocycles. The number of carbonyl (C=O) groups excluding carboxylic acids is 2. The Morgan fingerprint density at radius 1 is 1.00 bits per heavy atom. The number of alkyl carbamates (subject to hydrolysis) is 1. The van der Waals surface area contributed by atoms with E-state index in [1.165, 1.54) is 0 Å². The van der Waals surface area contributed by atoms with Crippen molar-refractivity contribution in [2.45, 2.75) is 111 Å². The lowest BCUT2D eigenvalue weighted by Crippen LogP contribution is -2.48. The van der Waals surface area contributed by atoms with Crippen LogP contribution in [-0.4, -0.2) is 45.9 Å². The number of nitrogens with zero attached hydrogens (tertiary/aromatic N) is 2. The molecule has 2 aromatic heterocycles. The molecular formula is C42H49N3O7. The Hall–Kier alpha value is -4.99. The number of nitrogens with one attached hydrogen (secondary N) is 1. The van der Waals surface area contributed by atoms with Crippen LogP contribution in [0, 0.1) is 26.7 Å². The largest absolute Gasteiger partial charge is 0.473 e. The number of ether oxygens (including phenoxy) is 4. The lowest BCUT2D eigenvalue weighted by Gasteiger charge is -2.37. The number of carbonyl (C=O) groups is 2. The molecule has 274 valence electrons. The highest BCUT2D eigenvalue weighted by Crippen LogP contribution is 2.55.